The molecule has 1 aromatic carbocycles. The summed E-state index contributed by atoms with van der Waals surface area (Å²) in [5.74, 6) is 0.127. The second-order valence-corrected chi connectivity index (χ2v) is 4.99. The summed E-state index contributed by atoms with van der Waals surface area (Å²) < 4.78 is 0. The number of carbonyl (C=O) groups excluding carboxylic acids is 1. The molecule has 1 aliphatic heterocycles. The van der Waals surface area contributed by atoms with Gasteiger partial charge < -0.3 is 15.1 Å². The Morgan fingerprint density at radius 1 is 1.44 bits per heavy atom. The number of rotatable bonds is 4. The molecule has 0 aromatic heterocycles. The minimum absolute atomic E-state index is 0.127. The largest absolute Gasteiger partial charge is 0.384 e. The molecule has 0 aliphatic carbocycles. The Kier molecular flexibility index (Phi) is 3.87. The van der Waals surface area contributed by atoms with E-state index in [-0.39, 0.29) is 5.91 Å². The number of hydrogen-bond acceptors (Lipinski definition) is 3. The second kappa shape index (κ2) is 5.40. The molecule has 0 saturated heterocycles. The van der Waals surface area contributed by atoms with Crippen molar-refractivity contribution in [2.75, 3.05) is 43.9 Å². The molecule has 0 fully saturated rings. The van der Waals surface area contributed by atoms with E-state index >= 15 is 0 Å². The van der Waals surface area contributed by atoms with Gasteiger partial charge in [0, 0.05) is 37.9 Å². The zero-order chi connectivity index (χ0) is 13.1. The molecule has 0 radical (unpaired) electrons. The van der Waals surface area contributed by atoms with Crippen molar-refractivity contribution in [1.29, 1.82) is 0 Å². The summed E-state index contributed by atoms with van der Waals surface area (Å²) >= 11 is 0. The van der Waals surface area contributed by atoms with Gasteiger partial charge in [-0.15, -0.1) is 0 Å². The lowest BCUT2D eigenvalue weighted by Gasteiger charge is -2.15. The van der Waals surface area contributed by atoms with Crippen molar-refractivity contribution >= 4 is 17.3 Å². The number of hydrogen-bond donors (Lipinski definition) is 1. The van der Waals surface area contributed by atoms with Crippen LogP contribution in [0.2, 0.25) is 0 Å². The fourth-order valence-electron chi connectivity index (χ4n) is 2.26. The summed E-state index contributed by atoms with van der Waals surface area (Å²) in [4.78, 5) is 15.4. The van der Waals surface area contributed by atoms with Crippen molar-refractivity contribution in [3.8, 4) is 0 Å². The highest BCUT2D eigenvalue weighted by Crippen LogP contribution is 2.30. The molecule has 0 unspecified atom stereocenters. The fourth-order valence-corrected chi connectivity index (χ4v) is 2.26. The molecule has 4 nitrogen and oxygen atoms in total. The van der Waals surface area contributed by atoms with Gasteiger partial charge in [0.2, 0.25) is 5.91 Å². The number of anilines is 2. The van der Waals surface area contributed by atoms with E-state index in [4.69, 9.17) is 0 Å². The van der Waals surface area contributed by atoms with Gasteiger partial charge in [-0.3, -0.25) is 4.79 Å². The van der Waals surface area contributed by atoms with Crippen LogP contribution in [0, 0.1) is 0 Å². The molecular weight excluding hydrogens is 226 g/mol. The predicted molar refractivity (Wildman–Crippen MR) is 75.2 cm³/mol. The number of fused-ring (bicyclic) bond motifs is 1. The van der Waals surface area contributed by atoms with Gasteiger partial charge in [-0.05, 0) is 44.3 Å². The third-order valence-electron chi connectivity index (χ3n) is 3.24. The van der Waals surface area contributed by atoms with Gasteiger partial charge >= 0.3 is 0 Å². The monoisotopic (exact) mass is 247 g/mol. The van der Waals surface area contributed by atoms with Crippen LogP contribution in [0.25, 0.3) is 0 Å². The van der Waals surface area contributed by atoms with E-state index in [0.717, 1.165) is 37.4 Å². The summed E-state index contributed by atoms with van der Waals surface area (Å²) in [6.07, 6.45) is 0.956. The molecule has 0 saturated carbocycles. The van der Waals surface area contributed by atoms with Gasteiger partial charge in [0.15, 0.2) is 0 Å². The Hall–Kier alpha value is -1.55. The van der Waals surface area contributed by atoms with E-state index < -0.39 is 0 Å². The van der Waals surface area contributed by atoms with Gasteiger partial charge in [0.1, 0.15) is 0 Å². The fraction of sp³-hybridized carbons (Fsp3) is 0.500. The molecule has 18 heavy (non-hydrogen) atoms. The second-order valence-electron chi connectivity index (χ2n) is 4.99. The van der Waals surface area contributed by atoms with E-state index in [2.05, 4.69) is 36.4 Å². The Morgan fingerprint density at radius 3 is 2.89 bits per heavy atom. The first-order valence-electron chi connectivity index (χ1n) is 6.37. The molecule has 1 amide bonds. The van der Waals surface area contributed by atoms with E-state index in [9.17, 15) is 4.79 Å². The van der Waals surface area contributed by atoms with Crippen LogP contribution >= 0.6 is 0 Å². The number of nitrogens with one attached hydrogen (secondary N) is 1. The molecule has 0 atom stereocenters. The Balaban J connectivity index is 2.03. The van der Waals surface area contributed by atoms with E-state index in [1.165, 1.54) is 5.56 Å². The number of amides is 1. The first kappa shape index (κ1) is 12.9. The van der Waals surface area contributed by atoms with Crippen molar-refractivity contribution < 1.29 is 4.79 Å². The summed E-state index contributed by atoms with van der Waals surface area (Å²) in [5, 5.41) is 3.40. The van der Waals surface area contributed by atoms with Gasteiger partial charge in [-0.25, -0.2) is 0 Å². The lowest BCUT2D eigenvalue weighted by molar-refractivity contribution is -0.116. The Labute approximate surface area is 109 Å². The normalized spacial score (nSPS) is 13.9. The summed E-state index contributed by atoms with van der Waals surface area (Å²) in [6, 6.07) is 6.26. The first-order valence-corrected chi connectivity index (χ1v) is 6.37. The van der Waals surface area contributed by atoms with Crippen LogP contribution in [0.5, 0.6) is 0 Å². The highest BCUT2D eigenvalue weighted by molar-refractivity contribution is 5.94. The third kappa shape index (κ3) is 2.82. The van der Waals surface area contributed by atoms with Gasteiger partial charge in [-0.2, -0.15) is 0 Å². The smallest absolute Gasteiger partial charge is 0.223 e. The standard InChI is InChI=1S/C14H21N3O/c1-11(18)17-8-6-12-10-13(4-5-14(12)17)15-7-9-16(2)3/h4-5,10,15H,6-9H2,1-3H3. The lowest BCUT2D eigenvalue weighted by atomic mass is 10.1. The maximum atomic E-state index is 11.4. The number of carbonyl (C=O) groups is 1. The van der Waals surface area contributed by atoms with Crippen molar-refractivity contribution in [1.82, 2.24) is 4.90 Å². The van der Waals surface area contributed by atoms with Crippen LogP contribution < -0.4 is 10.2 Å². The molecule has 1 aromatic rings. The molecule has 2 rings (SSSR count). The molecule has 0 spiro atoms. The topological polar surface area (TPSA) is 35.6 Å². The zero-order valence-corrected chi connectivity index (χ0v) is 11.4. The average Bonchev–Trinajstić information content (AvgIpc) is 2.71. The van der Waals surface area contributed by atoms with E-state index in [0.29, 0.717) is 0 Å². The highest BCUT2D eigenvalue weighted by atomic mass is 16.2. The molecular formula is C14H21N3O. The van der Waals surface area contributed by atoms with Crippen molar-refractivity contribution in [2.24, 2.45) is 0 Å². The maximum absolute atomic E-state index is 11.4. The maximum Gasteiger partial charge on any atom is 0.223 e. The zero-order valence-electron chi connectivity index (χ0n) is 11.4. The lowest BCUT2D eigenvalue weighted by Crippen LogP contribution is -2.25. The molecule has 98 valence electrons. The van der Waals surface area contributed by atoms with E-state index in [1.54, 1.807) is 6.92 Å². The quantitative estimate of drug-likeness (QED) is 0.877. The minimum atomic E-state index is 0.127. The Bertz CT molecular complexity index is 443. The summed E-state index contributed by atoms with van der Waals surface area (Å²) in [5.41, 5.74) is 3.47. The minimum Gasteiger partial charge on any atom is -0.384 e. The van der Waals surface area contributed by atoms with Gasteiger partial charge in [-0.1, -0.05) is 0 Å². The van der Waals surface area contributed by atoms with E-state index in [1.807, 2.05) is 11.0 Å². The number of benzene rings is 1. The molecule has 0 bridgehead atoms. The third-order valence-corrected chi connectivity index (χ3v) is 3.24. The molecule has 1 N–H and O–H groups in total. The molecule has 1 aliphatic rings. The van der Waals surface area contributed by atoms with Crippen LogP contribution in [-0.4, -0.2) is 44.5 Å². The SMILES string of the molecule is CC(=O)N1CCc2cc(NCCN(C)C)ccc21. The number of nitrogens with zero attached hydrogens (tertiary/aromatic N) is 2. The average molecular weight is 247 g/mol. The summed E-state index contributed by atoms with van der Waals surface area (Å²) in [7, 11) is 4.13. The van der Waals surface area contributed by atoms with Crippen molar-refractivity contribution in [3.05, 3.63) is 23.8 Å². The Morgan fingerprint density at radius 2 is 2.22 bits per heavy atom. The van der Waals surface area contributed by atoms with Gasteiger partial charge in [0.25, 0.3) is 0 Å². The van der Waals surface area contributed by atoms with Crippen LogP contribution in [0.15, 0.2) is 18.2 Å². The van der Waals surface area contributed by atoms with Crippen molar-refractivity contribution in [3.63, 3.8) is 0 Å². The number of likely N-dealkylation sites (N-methyl/N-ethyl adjacent to an activating group) is 1. The van der Waals surface area contributed by atoms with Crippen LogP contribution in [-0.2, 0) is 11.2 Å². The van der Waals surface area contributed by atoms with Crippen LogP contribution in [0.1, 0.15) is 12.5 Å². The van der Waals surface area contributed by atoms with Crippen LogP contribution in [0.3, 0.4) is 0 Å². The highest BCUT2D eigenvalue weighted by Gasteiger charge is 2.21. The molecule has 4 heteroatoms. The van der Waals surface area contributed by atoms with Crippen molar-refractivity contribution in [2.45, 2.75) is 13.3 Å². The summed E-state index contributed by atoms with van der Waals surface area (Å²) in [6.45, 7) is 4.38. The van der Waals surface area contributed by atoms with Crippen LogP contribution in [0.4, 0.5) is 11.4 Å². The predicted octanol–water partition coefficient (Wildman–Crippen LogP) is 1.57. The first-order chi connectivity index (χ1) is 8.58. The molecule has 1 heterocycles. The van der Waals surface area contributed by atoms with Gasteiger partial charge in [0.05, 0.1) is 0 Å².